The fourth-order valence-electron chi connectivity index (χ4n) is 2.52. The molecule has 0 radical (unpaired) electrons. The van der Waals surface area contributed by atoms with Crippen LogP contribution in [-0.2, 0) is 0 Å². The highest BCUT2D eigenvalue weighted by Gasteiger charge is 2.13. The minimum atomic E-state index is 0.772. The van der Waals surface area contributed by atoms with E-state index in [9.17, 15) is 0 Å². The average molecular weight is 226 g/mol. The van der Waals surface area contributed by atoms with Crippen molar-refractivity contribution in [2.75, 3.05) is 25.0 Å². The van der Waals surface area contributed by atoms with E-state index in [2.05, 4.69) is 53.1 Å². The molecule has 2 N–H and O–H groups in total. The molecule has 0 aromatic heterocycles. The summed E-state index contributed by atoms with van der Waals surface area (Å²) in [4.78, 5) is 0. The fourth-order valence-corrected chi connectivity index (χ4v) is 2.52. The van der Waals surface area contributed by atoms with Crippen molar-refractivity contribution in [2.24, 2.45) is 5.92 Å². The van der Waals surface area contributed by atoms with Gasteiger partial charge in [-0.05, 0) is 36.9 Å². The molecule has 2 aromatic carbocycles. The molecule has 1 aliphatic rings. The van der Waals surface area contributed by atoms with Gasteiger partial charge >= 0.3 is 0 Å². The van der Waals surface area contributed by atoms with Crippen molar-refractivity contribution in [3.8, 4) is 0 Å². The van der Waals surface area contributed by atoms with Crippen molar-refractivity contribution in [1.29, 1.82) is 0 Å². The molecule has 1 atom stereocenters. The number of hydrogen-bond acceptors (Lipinski definition) is 2. The van der Waals surface area contributed by atoms with Crippen molar-refractivity contribution >= 4 is 16.5 Å². The van der Waals surface area contributed by atoms with Gasteiger partial charge in [0.2, 0.25) is 0 Å². The van der Waals surface area contributed by atoms with E-state index in [4.69, 9.17) is 0 Å². The minimum Gasteiger partial charge on any atom is -0.384 e. The molecule has 1 aliphatic heterocycles. The van der Waals surface area contributed by atoms with E-state index < -0.39 is 0 Å². The van der Waals surface area contributed by atoms with Crippen molar-refractivity contribution in [2.45, 2.75) is 6.42 Å². The second-order valence-electron chi connectivity index (χ2n) is 4.77. The molecular weight excluding hydrogens is 208 g/mol. The van der Waals surface area contributed by atoms with Gasteiger partial charge in [-0.15, -0.1) is 0 Å². The van der Waals surface area contributed by atoms with Crippen molar-refractivity contribution in [1.82, 2.24) is 5.32 Å². The van der Waals surface area contributed by atoms with E-state index in [1.165, 1.54) is 29.4 Å². The number of benzene rings is 2. The van der Waals surface area contributed by atoms with Gasteiger partial charge in [-0.1, -0.05) is 36.4 Å². The fraction of sp³-hybridized carbons (Fsp3) is 0.333. The molecule has 2 nitrogen and oxygen atoms in total. The standard InChI is InChI=1S/C15H18N2/c1-2-6-14-13(4-1)5-3-7-15(14)17-11-12-8-9-16-10-12/h1-7,12,16-17H,8-11H2/t12-/m0/s1. The van der Waals surface area contributed by atoms with Gasteiger partial charge in [-0.2, -0.15) is 0 Å². The molecule has 0 saturated carbocycles. The number of hydrogen-bond donors (Lipinski definition) is 2. The van der Waals surface area contributed by atoms with E-state index in [0.29, 0.717) is 0 Å². The Hall–Kier alpha value is -1.54. The molecule has 17 heavy (non-hydrogen) atoms. The van der Waals surface area contributed by atoms with E-state index in [1.54, 1.807) is 0 Å². The molecule has 3 rings (SSSR count). The molecule has 1 heterocycles. The molecule has 2 heteroatoms. The van der Waals surface area contributed by atoms with Gasteiger partial charge in [0.15, 0.2) is 0 Å². The molecule has 1 saturated heterocycles. The van der Waals surface area contributed by atoms with Crippen LogP contribution in [0.2, 0.25) is 0 Å². The van der Waals surface area contributed by atoms with Crippen LogP contribution in [0.15, 0.2) is 42.5 Å². The van der Waals surface area contributed by atoms with Gasteiger partial charge in [0.25, 0.3) is 0 Å². The minimum absolute atomic E-state index is 0.772. The smallest absolute Gasteiger partial charge is 0.0419 e. The van der Waals surface area contributed by atoms with Crippen LogP contribution in [0.5, 0.6) is 0 Å². The lowest BCUT2D eigenvalue weighted by Crippen LogP contribution is -2.17. The highest BCUT2D eigenvalue weighted by Crippen LogP contribution is 2.23. The van der Waals surface area contributed by atoms with Crippen molar-refractivity contribution < 1.29 is 0 Å². The van der Waals surface area contributed by atoms with Crippen LogP contribution in [0, 0.1) is 5.92 Å². The SMILES string of the molecule is c1ccc2c(NC[C@H]3CCNC3)cccc2c1. The second-order valence-corrected chi connectivity index (χ2v) is 4.77. The molecule has 0 bridgehead atoms. The molecule has 0 unspecified atom stereocenters. The van der Waals surface area contributed by atoms with Crippen LogP contribution >= 0.6 is 0 Å². The lowest BCUT2D eigenvalue weighted by atomic mass is 10.1. The second kappa shape index (κ2) is 4.76. The lowest BCUT2D eigenvalue weighted by molar-refractivity contribution is 0.616. The lowest BCUT2D eigenvalue weighted by Gasteiger charge is -2.13. The number of rotatable bonds is 3. The molecule has 0 amide bonds. The van der Waals surface area contributed by atoms with Gasteiger partial charge in [0.1, 0.15) is 0 Å². The molecule has 1 fully saturated rings. The van der Waals surface area contributed by atoms with E-state index >= 15 is 0 Å². The maximum absolute atomic E-state index is 3.59. The van der Waals surface area contributed by atoms with E-state index in [0.717, 1.165) is 19.0 Å². The third-order valence-electron chi connectivity index (χ3n) is 3.53. The predicted molar refractivity (Wildman–Crippen MR) is 73.4 cm³/mol. The van der Waals surface area contributed by atoms with Gasteiger partial charge < -0.3 is 10.6 Å². The summed E-state index contributed by atoms with van der Waals surface area (Å²) in [5.41, 5.74) is 1.26. The first-order chi connectivity index (χ1) is 8.43. The van der Waals surface area contributed by atoms with Crippen molar-refractivity contribution in [3.05, 3.63) is 42.5 Å². The summed E-state index contributed by atoms with van der Waals surface area (Å²) in [6.45, 7) is 3.39. The van der Waals surface area contributed by atoms with Gasteiger partial charge in [-0.3, -0.25) is 0 Å². The van der Waals surface area contributed by atoms with E-state index in [-0.39, 0.29) is 0 Å². The normalized spacial score (nSPS) is 19.6. The average Bonchev–Trinajstić information content (AvgIpc) is 2.89. The first kappa shape index (κ1) is 10.6. The largest absolute Gasteiger partial charge is 0.384 e. The summed E-state index contributed by atoms with van der Waals surface area (Å²) >= 11 is 0. The zero-order valence-electron chi connectivity index (χ0n) is 9.95. The molecule has 0 aliphatic carbocycles. The van der Waals surface area contributed by atoms with Crippen LogP contribution in [0.4, 0.5) is 5.69 Å². The Kier molecular flexibility index (Phi) is 2.97. The summed E-state index contributed by atoms with van der Waals surface area (Å²) in [6.07, 6.45) is 1.29. The first-order valence-corrected chi connectivity index (χ1v) is 6.36. The third kappa shape index (κ3) is 2.27. The maximum atomic E-state index is 3.59. The Morgan fingerprint density at radius 3 is 2.88 bits per heavy atom. The molecule has 2 aromatic rings. The van der Waals surface area contributed by atoms with Gasteiger partial charge in [-0.25, -0.2) is 0 Å². The van der Waals surface area contributed by atoms with Gasteiger partial charge in [0, 0.05) is 17.6 Å². The van der Waals surface area contributed by atoms with Crippen molar-refractivity contribution in [3.63, 3.8) is 0 Å². The zero-order valence-corrected chi connectivity index (χ0v) is 9.95. The van der Waals surface area contributed by atoms with Crippen LogP contribution in [-0.4, -0.2) is 19.6 Å². The Bertz CT molecular complexity index is 496. The summed E-state index contributed by atoms with van der Waals surface area (Å²) in [5, 5.41) is 9.62. The first-order valence-electron chi connectivity index (χ1n) is 6.36. The van der Waals surface area contributed by atoms with Crippen LogP contribution in [0.3, 0.4) is 0 Å². The Labute approximate surface area is 102 Å². The van der Waals surface area contributed by atoms with Gasteiger partial charge in [0.05, 0.1) is 0 Å². The number of nitrogens with one attached hydrogen (secondary N) is 2. The molecule has 0 spiro atoms. The quantitative estimate of drug-likeness (QED) is 0.841. The summed E-state index contributed by atoms with van der Waals surface area (Å²) in [7, 11) is 0. The number of anilines is 1. The third-order valence-corrected chi connectivity index (χ3v) is 3.53. The Morgan fingerprint density at radius 1 is 1.12 bits per heavy atom. The van der Waals surface area contributed by atoms with Crippen LogP contribution in [0.1, 0.15) is 6.42 Å². The topological polar surface area (TPSA) is 24.1 Å². The van der Waals surface area contributed by atoms with E-state index in [1.807, 2.05) is 0 Å². The maximum Gasteiger partial charge on any atom is 0.0419 e. The molecular formula is C15H18N2. The number of fused-ring (bicyclic) bond motifs is 1. The van der Waals surface area contributed by atoms with Crippen LogP contribution in [0.25, 0.3) is 10.8 Å². The Balaban J connectivity index is 1.79. The Morgan fingerprint density at radius 2 is 2.00 bits per heavy atom. The summed E-state index contributed by atoms with van der Waals surface area (Å²) in [5.74, 6) is 0.772. The summed E-state index contributed by atoms with van der Waals surface area (Å²) < 4.78 is 0. The monoisotopic (exact) mass is 226 g/mol. The van der Waals surface area contributed by atoms with Crippen LogP contribution < -0.4 is 10.6 Å². The molecule has 88 valence electrons. The highest BCUT2D eigenvalue weighted by molar-refractivity contribution is 5.93. The predicted octanol–water partition coefficient (Wildman–Crippen LogP) is 2.86. The zero-order chi connectivity index (χ0) is 11.5. The highest BCUT2D eigenvalue weighted by atomic mass is 14.9. The summed E-state index contributed by atoms with van der Waals surface area (Å²) in [6, 6.07) is 15.0.